The van der Waals surface area contributed by atoms with Gasteiger partial charge in [0.25, 0.3) is 0 Å². The molecule has 1 amide bonds. The fraction of sp³-hybridized carbons (Fsp3) is 0.909. The third-order valence-corrected chi connectivity index (χ3v) is 3.13. The number of hydrogen-bond acceptors (Lipinski definition) is 3. The molecule has 0 bridgehead atoms. The minimum atomic E-state index is -0.223. The second-order valence-corrected chi connectivity index (χ2v) is 4.63. The molecule has 4 nitrogen and oxygen atoms in total. The van der Waals surface area contributed by atoms with E-state index in [0.29, 0.717) is 12.3 Å². The molecule has 0 radical (unpaired) electrons. The summed E-state index contributed by atoms with van der Waals surface area (Å²) in [5.74, 6) is 0.565. The average molecular weight is 214 g/mol. The molecule has 1 saturated heterocycles. The molecule has 0 saturated carbocycles. The number of likely N-dealkylation sites (tertiary alicyclic amines) is 1. The van der Waals surface area contributed by atoms with Gasteiger partial charge in [-0.15, -0.1) is 0 Å². The fourth-order valence-corrected chi connectivity index (χ4v) is 1.94. The van der Waals surface area contributed by atoms with Crippen LogP contribution in [-0.4, -0.2) is 60.6 Å². The zero-order valence-corrected chi connectivity index (χ0v) is 9.94. The van der Waals surface area contributed by atoms with E-state index in [2.05, 4.69) is 4.90 Å². The van der Waals surface area contributed by atoms with Crippen LogP contribution in [0.1, 0.15) is 19.8 Å². The van der Waals surface area contributed by atoms with E-state index < -0.39 is 0 Å². The van der Waals surface area contributed by atoms with Crippen molar-refractivity contribution in [3.8, 4) is 0 Å². The SMILES string of the molecule is CC(O)C1CCN(CCC(=O)N(C)C)C1. The number of aliphatic hydroxyl groups excluding tert-OH is 1. The second kappa shape index (κ2) is 5.47. The van der Waals surface area contributed by atoms with Crippen molar-refractivity contribution in [2.45, 2.75) is 25.9 Å². The van der Waals surface area contributed by atoms with Gasteiger partial charge in [0.05, 0.1) is 6.10 Å². The number of amides is 1. The van der Waals surface area contributed by atoms with E-state index in [1.165, 1.54) is 0 Å². The van der Waals surface area contributed by atoms with Gasteiger partial charge in [-0.1, -0.05) is 0 Å². The first kappa shape index (κ1) is 12.5. The Morgan fingerprint density at radius 1 is 1.60 bits per heavy atom. The summed E-state index contributed by atoms with van der Waals surface area (Å²) >= 11 is 0. The maximum absolute atomic E-state index is 11.4. The molecule has 0 aromatic heterocycles. The monoisotopic (exact) mass is 214 g/mol. The average Bonchev–Trinajstić information content (AvgIpc) is 2.62. The molecule has 1 N–H and O–H groups in total. The van der Waals surface area contributed by atoms with Crippen molar-refractivity contribution < 1.29 is 9.90 Å². The van der Waals surface area contributed by atoms with Gasteiger partial charge in [-0.25, -0.2) is 0 Å². The Kier molecular flexibility index (Phi) is 4.54. The summed E-state index contributed by atoms with van der Waals surface area (Å²) in [6.07, 6.45) is 1.41. The Bertz CT molecular complexity index is 217. The van der Waals surface area contributed by atoms with E-state index in [1.807, 2.05) is 6.92 Å². The van der Waals surface area contributed by atoms with Crippen LogP contribution in [0.15, 0.2) is 0 Å². The number of rotatable bonds is 4. The van der Waals surface area contributed by atoms with Gasteiger partial charge in [0.1, 0.15) is 0 Å². The van der Waals surface area contributed by atoms with E-state index in [4.69, 9.17) is 0 Å². The van der Waals surface area contributed by atoms with Crippen molar-refractivity contribution in [2.24, 2.45) is 5.92 Å². The Labute approximate surface area is 91.9 Å². The number of aliphatic hydroxyl groups is 1. The highest BCUT2D eigenvalue weighted by Crippen LogP contribution is 2.19. The number of carbonyl (C=O) groups excluding carboxylic acids is 1. The normalized spacial score (nSPS) is 24.1. The second-order valence-electron chi connectivity index (χ2n) is 4.63. The van der Waals surface area contributed by atoms with E-state index in [-0.39, 0.29) is 12.0 Å². The summed E-state index contributed by atoms with van der Waals surface area (Å²) in [5, 5.41) is 9.43. The predicted octanol–water partition coefficient (Wildman–Crippen LogP) is 0.167. The van der Waals surface area contributed by atoms with E-state index in [0.717, 1.165) is 26.1 Å². The summed E-state index contributed by atoms with van der Waals surface area (Å²) < 4.78 is 0. The molecule has 1 aliphatic rings. The minimum Gasteiger partial charge on any atom is -0.393 e. The lowest BCUT2D eigenvalue weighted by Crippen LogP contribution is -2.30. The highest BCUT2D eigenvalue weighted by atomic mass is 16.3. The zero-order valence-electron chi connectivity index (χ0n) is 9.94. The topological polar surface area (TPSA) is 43.8 Å². The molecule has 0 aromatic rings. The molecule has 1 fully saturated rings. The van der Waals surface area contributed by atoms with Gasteiger partial charge in [-0.3, -0.25) is 4.79 Å². The predicted molar refractivity (Wildman–Crippen MR) is 59.5 cm³/mol. The largest absolute Gasteiger partial charge is 0.393 e. The van der Waals surface area contributed by atoms with Gasteiger partial charge in [-0.2, -0.15) is 0 Å². The third kappa shape index (κ3) is 3.80. The van der Waals surface area contributed by atoms with Gasteiger partial charge >= 0.3 is 0 Å². The van der Waals surface area contributed by atoms with Crippen molar-refractivity contribution in [3.63, 3.8) is 0 Å². The van der Waals surface area contributed by atoms with Gasteiger partial charge in [0.15, 0.2) is 0 Å². The van der Waals surface area contributed by atoms with Crippen molar-refractivity contribution in [1.82, 2.24) is 9.80 Å². The Balaban J connectivity index is 2.22. The molecular formula is C11H22N2O2. The van der Waals surface area contributed by atoms with Crippen LogP contribution in [0.5, 0.6) is 0 Å². The van der Waals surface area contributed by atoms with Crippen molar-refractivity contribution >= 4 is 5.91 Å². The van der Waals surface area contributed by atoms with Crippen LogP contribution in [0.3, 0.4) is 0 Å². The van der Waals surface area contributed by atoms with Crippen LogP contribution in [0, 0.1) is 5.92 Å². The van der Waals surface area contributed by atoms with Gasteiger partial charge in [0, 0.05) is 33.6 Å². The molecule has 1 aliphatic heterocycles. The van der Waals surface area contributed by atoms with Crippen molar-refractivity contribution in [1.29, 1.82) is 0 Å². The van der Waals surface area contributed by atoms with Crippen molar-refractivity contribution in [3.05, 3.63) is 0 Å². The number of hydrogen-bond donors (Lipinski definition) is 1. The van der Waals surface area contributed by atoms with Crippen molar-refractivity contribution in [2.75, 3.05) is 33.7 Å². The summed E-state index contributed by atoms with van der Waals surface area (Å²) in [5.41, 5.74) is 0. The molecule has 88 valence electrons. The summed E-state index contributed by atoms with van der Waals surface area (Å²) in [6, 6.07) is 0. The smallest absolute Gasteiger partial charge is 0.223 e. The first-order chi connectivity index (χ1) is 7.00. The van der Waals surface area contributed by atoms with Crippen LogP contribution in [-0.2, 0) is 4.79 Å². The maximum atomic E-state index is 11.4. The molecule has 0 aliphatic carbocycles. The molecular weight excluding hydrogens is 192 g/mol. The summed E-state index contributed by atoms with van der Waals surface area (Å²) in [7, 11) is 3.57. The van der Waals surface area contributed by atoms with E-state index in [1.54, 1.807) is 19.0 Å². The lowest BCUT2D eigenvalue weighted by molar-refractivity contribution is -0.128. The summed E-state index contributed by atoms with van der Waals surface area (Å²) in [6.45, 7) is 4.61. The molecule has 2 unspecified atom stereocenters. The Morgan fingerprint density at radius 3 is 2.73 bits per heavy atom. The standard InChI is InChI=1S/C11H22N2O2/c1-9(14)10-4-6-13(8-10)7-5-11(15)12(2)3/h9-10,14H,4-8H2,1-3H3. The summed E-state index contributed by atoms with van der Waals surface area (Å²) in [4.78, 5) is 15.3. The van der Waals surface area contributed by atoms with Gasteiger partial charge < -0.3 is 14.9 Å². The lowest BCUT2D eigenvalue weighted by atomic mass is 10.0. The quantitative estimate of drug-likeness (QED) is 0.725. The molecule has 0 aromatic carbocycles. The molecule has 1 rings (SSSR count). The molecule has 0 spiro atoms. The first-order valence-corrected chi connectivity index (χ1v) is 5.61. The van der Waals surface area contributed by atoms with E-state index in [9.17, 15) is 9.90 Å². The Morgan fingerprint density at radius 2 is 2.27 bits per heavy atom. The van der Waals surface area contributed by atoms with Crippen LogP contribution >= 0.6 is 0 Å². The number of carbonyl (C=O) groups is 1. The molecule has 15 heavy (non-hydrogen) atoms. The highest BCUT2D eigenvalue weighted by molar-refractivity contribution is 5.75. The van der Waals surface area contributed by atoms with Gasteiger partial charge in [0.2, 0.25) is 5.91 Å². The van der Waals surface area contributed by atoms with Crippen LogP contribution in [0.2, 0.25) is 0 Å². The van der Waals surface area contributed by atoms with Crippen LogP contribution < -0.4 is 0 Å². The fourth-order valence-electron chi connectivity index (χ4n) is 1.94. The van der Waals surface area contributed by atoms with Gasteiger partial charge in [-0.05, 0) is 25.8 Å². The molecule has 1 heterocycles. The minimum absolute atomic E-state index is 0.176. The van der Waals surface area contributed by atoms with Crippen LogP contribution in [0.4, 0.5) is 0 Å². The maximum Gasteiger partial charge on any atom is 0.223 e. The zero-order chi connectivity index (χ0) is 11.4. The third-order valence-electron chi connectivity index (χ3n) is 3.13. The lowest BCUT2D eigenvalue weighted by Gasteiger charge is -2.18. The highest BCUT2D eigenvalue weighted by Gasteiger charge is 2.25. The number of nitrogens with zero attached hydrogens (tertiary/aromatic N) is 2. The Hall–Kier alpha value is -0.610. The van der Waals surface area contributed by atoms with E-state index >= 15 is 0 Å². The molecule has 4 heteroatoms. The first-order valence-electron chi connectivity index (χ1n) is 5.61. The molecule has 2 atom stereocenters. The van der Waals surface area contributed by atoms with Crippen LogP contribution in [0.25, 0.3) is 0 Å².